The van der Waals surface area contributed by atoms with E-state index in [1.807, 2.05) is 32.9 Å². The first-order valence-electron chi connectivity index (χ1n) is 18.0. The number of aryl methyl sites for hydroxylation is 2. The number of H-pyrrole nitrogens is 1. The minimum atomic E-state index is -0.613. The number of amides is 1. The molecule has 1 aliphatic carbocycles. The van der Waals surface area contributed by atoms with Gasteiger partial charge in [-0.1, -0.05) is 12.1 Å². The summed E-state index contributed by atoms with van der Waals surface area (Å²) in [6.07, 6.45) is 5.87. The lowest BCUT2D eigenvalue weighted by Crippen LogP contribution is -2.48. The maximum Gasteiger partial charge on any atom is 0.253 e. The molecule has 256 valence electrons. The number of piperidine rings is 1. The molecule has 7 rings (SSSR count). The van der Waals surface area contributed by atoms with Crippen LogP contribution in [0.15, 0.2) is 41.2 Å². The van der Waals surface area contributed by atoms with Crippen LogP contribution in [-0.4, -0.2) is 72.6 Å². The molecule has 3 fully saturated rings. The minimum absolute atomic E-state index is 0.150. The molecule has 1 atom stereocenters. The van der Waals surface area contributed by atoms with Gasteiger partial charge in [0.05, 0.1) is 0 Å². The Balaban J connectivity index is 1.22. The van der Waals surface area contributed by atoms with Crippen LogP contribution in [0.25, 0.3) is 11.1 Å². The molecule has 2 aromatic carbocycles. The van der Waals surface area contributed by atoms with Crippen LogP contribution in [0.3, 0.4) is 0 Å². The highest BCUT2D eigenvalue weighted by Crippen LogP contribution is 2.49. The largest absolute Gasteiger partial charge is 0.381 e. The fourth-order valence-corrected chi connectivity index (χ4v) is 8.44. The van der Waals surface area contributed by atoms with Gasteiger partial charge >= 0.3 is 0 Å². The van der Waals surface area contributed by atoms with Crippen LogP contribution in [0.5, 0.6) is 0 Å². The molecule has 1 saturated carbocycles. The first-order chi connectivity index (χ1) is 23.2. The maximum absolute atomic E-state index is 14.0. The van der Waals surface area contributed by atoms with Crippen LogP contribution < -0.4 is 21.1 Å². The number of aliphatic hydroxyl groups is 1. The standard InChI is InChI=1S/C39H51N5O4/c1-5-44(30-10-16-48-17-11-30)35-21-29(19-31(26(35)4)36(45)40-22-32-24(2)18-25(3)41-37(32)46)28-8-9-33-34(20-28)42-38(47)39(33)12-14-43(15-13-39)23-27-6-7-27/h8-9,18-21,27,30,38,42,47H,5-7,10-17,22-23H2,1-4H3,(H,40,45)(H,41,46). The predicted molar refractivity (Wildman–Crippen MR) is 191 cm³/mol. The summed E-state index contributed by atoms with van der Waals surface area (Å²) in [7, 11) is 0. The van der Waals surface area contributed by atoms with Crippen molar-refractivity contribution in [2.24, 2.45) is 5.92 Å². The van der Waals surface area contributed by atoms with Crippen molar-refractivity contribution in [3.05, 3.63) is 80.3 Å². The van der Waals surface area contributed by atoms with Crippen molar-refractivity contribution in [3.8, 4) is 11.1 Å². The number of anilines is 2. The fourth-order valence-electron chi connectivity index (χ4n) is 8.44. The molecule has 1 aromatic heterocycles. The molecule has 9 heteroatoms. The van der Waals surface area contributed by atoms with Crippen LogP contribution in [0.1, 0.15) is 83.8 Å². The average Bonchev–Trinajstić information content (AvgIpc) is 3.86. The number of ether oxygens (including phenoxy) is 1. The predicted octanol–water partition coefficient (Wildman–Crippen LogP) is 5.39. The average molecular weight is 654 g/mol. The number of nitrogens with one attached hydrogen (secondary N) is 3. The van der Waals surface area contributed by atoms with Crippen LogP contribution in [0.2, 0.25) is 0 Å². The SMILES string of the molecule is CCN(c1cc(-c2ccc3c(c2)NC(O)C32CCN(CC3CC3)CC2)cc(C(=O)NCc2c(C)cc(C)[nH]c2=O)c1C)C1CCOCC1. The number of benzene rings is 2. The third kappa shape index (κ3) is 6.28. The summed E-state index contributed by atoms with van der Waals surface area (Å²) in [5.74, 6) is 0.668. The van der Waals surface area contributed by atoms with Gasteiger partial charge in [-0.15, -0.1) is 0 Å². The molecule has 2 saturated heterocycles. The minimum Gasteiger partial charge on any atom is -0.381 e. The number of likely N-dealkylation sites (tertiary alicyclic amines) is 1. The van der Waals surface area contributed by atoms with Gasteiger partial charge in [0.1, 0.15) is 6.23 Å². The van der Waals surface area contributed by atoms with E-state index >= 15 is 0 Å². The number of hydrogen-bond donors (Lipinski definition) is 4. The number of fused-ring (bicyclic) bond motifs is 2. The molecule has 3 aromatic rings. The van der Waals surface area contributed by atoms with Crippen LogP contribution in [0, 0.1) is 26.7 Å². The highest BCUT2D eigenvalue weighted by molar-refractivity contribution is 5.99. The molecule has 4 N–H and O–H groups in total. The van der Waals surface area contributed by atoms with Gasteiger partial charge in [0, 0.05) is 72.5 Å². The molecule has 1 spiro atoms. The van der Waals surface area contributed by atoms with Gasteiger partial charge in [-0.3, -0.25) is 9.59 Å². The Morgan fingerprint density at radius 3 is 2.48 bits per heavy atom. The highest BCUT2D eigenvalue weighted by atomic mass is 16.5. The number of hydrogen-bond acceptors (Lipinski definition) is 7. The monoisotopic (exact) mass is 653 g/mol. The topological polar surface area (TPSA) is 110 Å². The molecule has 4 heterocycles. The van der Waals surface area contributed by atoms with Crippen LogP contribution in [0.4, 0.5) is 11.4 Å². The van der Waals surface area contributed by atoms with Crippen molar-refractivity contribution in [1.82, 2.24) is 15.2 Å². The lowest BCUT2D eigenvalue weighted by molar-refractivity contribution is 0.0553. The number of rotatable bonds is 9. The molecule has 0 bridgehead atoms. The summed E-state index contributed by atoms with van der Waals surface area (Å²) in [6, 6.07) is 13.0. The molecule has 48 heavy (non-hydrogen) atoms. The smallest absolute Gasteiger partial charge is 0.253 e. The second-order valence-electron chi connectivity index (χ2n) is 14.6. The Kier molecular flexibility index (Phi) is 9.13. The molecule has 9 nitrogen and oxygen atoms in total. The fraction of sp³-hybridized carbons (Fsp3) is 0.538. The molecular weight excluding hydrogens is 602 g/mol. The second-order valence-corrected chi connectivity index (χ2v) is 14.6. The van der Waals surface area contributed by atoms with E-state index in [1.165, 1.54) is 24.9 Å². The van der Waals surface area contributed by atoms with Gasteiger partial charge in [0.2, 0.25) is 0 Å². The Morgan fingerprint density at radius 1 is 1.04 bits per heavy atom. The highest BCUT2D eigenvalue weighted by Gasteiger charge is 2.48. The molecule has 1 unspecified atom stereocenters. The normalized spacial score (nSPS) is 20.8. The van der Waals surface area contributed by atoms with E-state index in [4.69, 9.17) is 4.74 Å². The van der Waals surface area contributed by atoms with E-state index < -0.39 is 6.23 Å². The molecule has 1 amide bonds. The maximum atomic E-state index is 14.0. The summed E-state index contributed by atoms with van der Waals surface area (Å²) < 4.78 is 5.69. The third-order valence-corrected chi connectivity index (χ3v) is 11.5. The molecule has 0 radical (unpaired) electrons. The summed E-state index contributed by atoms with van der Waals surface area (Å²) in [5.41, 5.74) is 8.49. The van der Waals surface area contributed by atoms with E-state index in [-0.39, 0.29) is 23.4 Å². The van der Waals surface area contributed by atoms with Gasteiger partial charge in [-0.2, -0.15) is 0 Å². The van der Waals surface area contributed by atoms with Crippen molar-refractivity contribution in [2.45, 2.75) is 90.4 Å². The first kappa shape index (κ1) is 32.9. The van der Waals surface area contributed by atoms with E-state index in [2.05, 4.69) is 56.6 Å². The van der Waals surface area contributed by atoms with Crippen molar-refractivity contribution in [2.75, 3.05) is 49.6 Å². The van der Waals surface area contributed by atoms with E-state index in [0.29, 0.717) is 17.2 Å². The molecular formula is C39H51N5O4. The quantitative estimate of drug-likeness (QED) is 0.245. The number of aromatic amines is 1. The van der Waals surface area contributed by atoms with Gasteiger partial charge < -0.3 is 35.3 Å². The zero-order valence-corrected chi connectivity index (χ0v) is 29.0. The Hall–Kier alpha value is -3.66. The van der Waals surface area contributed by atoms with Gasteiger partial charge in [-0.25, -0.2) is 0 Å². The zero-order valence-electron chi connectivity index (χ0n) is 29.0. The van der Waals surface area contributed by atoms with Crippen molar-refractivity contribution in [3.63, 3.8) is 0 Å². The summed E-state index contributed by atoms with van der Waals surface area (Å²) >= 11 is 0. The zero-order chi connectivity index (χ0) is 33.6. The Morgan fingerprint density at radius 2 is 1.79 bits per heavy atom. The van der Waals surface area contributed by atoms with Crippen molar-refractivity contribution in [1.29, 1.82) is 0 Å². The van der Waals surface area contributed by atoms with Crippen molar-refractivity contribution >= 4 is 17.3 Å². The van der Waals surface area contributed by atoms with Crippen LogP contribution >= 0.6 is 0 Å². The van der Waals surface area contributed by atoms with Crippen LogP contribution in [-0.2, 0) is 16.7 Å². The lowest BCUT2D eigenvalue weighted by atomic mass is 9.72. The third-order valence-electron chi connectivity index (χ3n) is 11.5. The lowest BCUT2D eigenvalue weighted by Gasteiger charge is -2.41. The number of nitrogens with zero attached hydrogens (tertiary/aromatic N) is 2. The van der Waals surface area contributed by atoms with E-state index in [9.17, 15) is 14.7 Å². The molecule has 3 aliphatic heterocycles. The van der Waals surface area contributed by atoms with E-state index in [0.717, 1.165) is 104 Å². The first-order valence-corrected chi connectivity index (χ1v) is 18.0. The number of pyridine rings is 1. The second kappa shape index (κ2) is 13.3. The Labute approximate surface area is 284 Å². The molecule has 4 aliphatic rings. The van der Waals surface area contributed by atoms with E-state index in [1.54, 1.807) is 0 Å². The summed E-state index contributed by atoms with van der Waals surface area (Å²) in [4.78, 5) is 34.5. The van der Waals surface area contributed by atoms with Gasteiger partial charge in [-0.05, 0) is 137 Å². The Bertz CT molecular complexity index is 1730. The summed E-state index contributed by atoms with van der Waals surface area (Å²) in [5, 5.41) is 17.9. The number of carbonyl (C=O) groups excluding carboxylic acids is 1. The number of carbonyl (C=O) groups is 1. The summed E-state index contributed by atoms with van der Waals surface area (Å²) in [6.45, 7) is 13.6. The van der Waals surface area contributed by atoms with Gasteiger partial charge in [0.15, 0.2) is 0 Å². The van der Waals surface area contributed by atoms with Crippen molar-refractivity contribution < 1.29 is 14.6 Å². The number of aliphatic hydroxyl groups excluding tert-OH is 1. The van der Waals surface area contributed by atoms with Gasteiger partial charge in [0.25, 0.3) is 11.5 Å². The number of aromatic nitrogens is 1.